The Hall–Kier alpha value is -1.06. The minimum absolute atomic E-state index is 0.0976. The number of para-hydroxylation sites is 1. The molecule has 1 aliphatic heterocycles. The SMILES string of the molecule is CC[C@@H](CO)NCc1cccc2c1OC(C)(C)C2. The minimum Gasteiger partial charge on any atom is -0.487 e. The quantitative estimate of drug-likeness (QED) is 0.841. The lowest BCUT2D eigenvalue weighted by molar-refractivity contribution is 0.137. The van der Waals surface area contributed by atoms with Crippen LogP contribution < -0.4 is 10.1 Å². The summed E-state index contributed by atoms with van der Waals surface area (Å²) in [7, 11) is 0. The van der Waals surface area contributed by atoms with Gasteiger partial charge >= 0.3 is 0 Å². The van der Waals surface area contributed by atoms with Crippen molar-refractivity contribution in [2.24, 2.45) is 0 Å². The Bertz CT molecular complexity index is 411. The predicted octanol–water partition coefficient (Wildman–Crippen LogP) is 2.26. The second kappa shape index (κ2) is 5.29. The fraction of sp³-hybridized carbons (Fsp3) is 0.600. The van der Waals surface area contributed by atoms with Crippen LogP contribution in [0.2, 0.25) is 0 Å². The molecule has 0 amide bonds. The lowest BCUT2D eigenvalue weighted by Crippen LogP contribution is -2.31. The molecule has 2 N–H and O–H groups in total. The van der Waals surface area contributed by atoms with Crippen LogP contribution >= 0.6 is 0 Å². The van der Waals surface area contributed by atoms with Gasteiger partial charge in [0.15, 0.2) is 0 Å². The Morgan fingerprint density at radius 1 is 1.44 bits per heavy atom. The molecule has 18 heavy (non-hydrogen) atoms. The molecule has 0 aliphatic carbocycles. The highest BCUT2D eigenvalue weighted by molar-refractivity contribution is 5.45. The molecule has 100 valence electrons. The van der Waals surface area contributed by atoms with E-state index in [0.29, 0.717) is 0 Å². The van der Waals surface area contributed by atoms with Gasteiger partial charge in [-0.15, -0.1) is 0 Å². The standard InChI is InChI=1S/C15H23NO2/c1-4-13(10-17)16-9-12-7-5-6-11-8-15(2,3)18-14(11)12/h5-7,13,16-17H,4,8-10H2,1-3H3/t13-/m0/s1. The summed E-state index contributed by atoms with van der Waals surface area (Å²) in [4.78, 5) is 0. The van der Waals surface area contributed by atoms with Crippen LogP contribution in [-0.2, 0) is 13.0 Å². The fourth-order valence-electron chi connectivity index (χ4n) is 2.41. The van der Waals surface area contributed by atoms with Gasteiger partial charge < -0.3 is 15.2 Å². The number of aliphatic hydroxyl groups is 1. The van der Waals surface area contributed by atoms with Gasteiger partial charge in [-0.05, 0) is 25.8 Å². The topological polar surface area (TPSA) is 41.5 Å². The molecule has 3 nitrogen and oxygen atoms in total. The molecule has 0 radical (unpaired) electrons. The maximum atomic E-state index is 9.19. The summed E-state index contributed by atoms with van der Waals surface area (Å²) >= 11 is 0. The number of hydrogen-bond acceptors (Lipinski definition) is 3. The van der Waals surface area contributed by atoms with E-state index in [2.05, 4.69) is 44.3 Å². The maximum Gasteiger partial charge on any atom is 0.127 e. The summed E-state index contributed by atoms with van der Waals surface area (Å²) in [5, 5.41) is 12.5. The van der Waals surface area contributed by atoms with Crippen molar-refractivity contribution in [1.29, 1.82) is 0 Å². The van der Waals surface area contributed by atoms with Gasteiger partial charge in [0.1, 0.15) is 11.4 Å². The third-order valence-corrected chi connectivity index (χ3v) is 3.47. The Kier molecular flexibility index (Phi) is 3.93. The summed E-state index contributed by atoms with van der Waals surface area (Å²) in [5.41, 5.74) is 2.38. The molecule has 0 unspecified atom stereocenters. The van der Waals surface area contributed by atoms with Crippen molar-refractivity contribution in [1.82, 2.24) is 5.32 Å². The lowest BCUT2D eigenvalue weighted by Gasteiger charge is -2.19. The molecule has 0 saturated heterocycles. The van der Waals surface area contributed by atoms with Gasteiger partial charge in [0.05, 0.1) is 6.61 Å². The highest BCUT2D eigenvalue weighted by atomic mass is 16.5. The van der Waals surface area contributed by atoms with E-state index in [1.54, 1.807) is 0 Å². The molecule has 3 heteroatoms. The first kappa shape index (κ1) is 13.4. The van der Waals surface area contributed by atoms with E-state index < -0.39 is 0 Å². The summed E-state index contributed by atoms with van der Waals surface area (Å²) in [5.74, 6) is 1.03. The average Bonchev–Trinajstić information content (AvgIpc) is 2.65. The smallest absolute Gasteiger partial charge is 0.127 e. The summed E-state index contributed by atoms with van der Waals surface area (Å²) in [6, 6.07) is 6.48. The van der Waals surface area contributed by atoms with E-state index in [0.717, 1.165) is 25.1 Å². The van der Waals surface area contributed by atoms with Crippen molar-refractivity contribution in [3.8, 4) is 5.75 Å². The first-order valence-corrected chi connectivity index (χ1v) is 6.69. The largest absolute Gasteiger partial charge is 0.487 e. The maximum absolute atomic E-state index is 9.19. The number of rotatable bonds is 5. The van der Waals surface area contributed by atoms with Crippen LogP contribution in [0.15, 0.2) is 18.2 Å². The Morgan fingerprint density at radius 2 is 2.22 bits per heavy atom. The average molecular weight is 249 g/mol. The van der Waals surface area contributed by atoms with Gasteiger partial charge in [0.2, 0.25) is 0 Å². The zero-order valence-corrected chi connectivity index (χ0v) is 11.5. The van der Waals surface area contributed by atoms with Crippen LogP contribution in [-0.4, -0.2) is 23.4 Å². The first-order chi connectivity index (χ1) is 8.55. The molecule has 0 bridgehead atoms. The third-order valence-electron chi connectivity index (χ3n) is 3.47. The monoisotopic (exact) mass is 249 g/mol. The van der Waals surface area contributed by atoms with E-state index in [1.165, 1.54) is 11.1 Å². The Balaban J connectivity index is 2.10. The van der Waals surface area contributed by atoms with Crippen LogP contribution in [0.3, 0.4) is 0 Å². The van der Waals surface area contributed by atoms with Gasteiger partial charge in [-0.3, -0.25) is 0 Å². The fourth-order valence-corrected chi connectivity index (χ4v) is 2.41. The van der Waals surface area contributed by atoms with Crippen LogP contribution in [0.25, 0.3) is 0 Å². The summed E-state index contributed by atoms with van der Waals surface area (Å²) in [6.07, 6.45) is 1.89. The first-order valence-electron chi connectivity index (χ1n) is 6.69. The third kappa shape index (κ3) is 2.85. The van der Waals surface area contributed by atoms with Gasteiger partial charge in [-0.2, -0.15) is 0 Å². The number of fused-ring (bicyclic) bond motifs is 1. The summed E-state index contributed by atoms with van der Waals surface area (Å²) in [6.45, 7) is 7.23. The summed E-state index contributed by atoms with van der Waals surface area (Å²) < 4.78 is 6.02. The molecular formula is C15H23NO2. The molecule has 0 fully saturated rings. The van der Waals surface area contributed by atoms with E-state index in [9.17, 15) is 5.11 Å². The normalized spacial score (nSPS) is 18.2. The zero-order valence-electron chi connectivity index (χ0n) is 11.5. The number of hydrogen-bond donors (Lipinski definition) is 2. The van der Waals surface area contributed by atoms with E-state index in [4.69, 9.17) is 4.74 Å². The minimum atomic E-state index is -0.0976. The van der Waals surface area contributed by atoms with Crippen molar-refractivity contribution in [2.75, 3.05) is 6.61 Å². The molecule has 1 aromatic rings. The van der Waals surface area contributed by atoms with E-state index in [-0.39, 0.29) is 18.2 Å². The molecule has 0 spiro atoms. The molecule has 1 atom stereocenters. The van der Waals surface area contributed by atoms with Crippen molar-refractivity contribution in [2.45, 2.75) is 51.8 Å². The molecule has 0 saturated carbocycles. The second-order valence-corrected chi connectivity index (χ2v) is 5.61. The number of benzene rings is 1. The number of aliphatic hydroxyl groups excluding tert-OH is 1. The van der Waals surface area contributed by atoms with Crippen LogP contribution in [0, 0.1) is 0 Å². The van der Waals surface area contributed by atoms with Crippen molar-refractivity contribution < 1.29 is 9.84 Å². The highest BCUT2D eigenvalue weighted by Gasteiger charge is 2.31. The molecule has 1 aromatic carbocycles. The van der Waals surface area contributed by atoms with Crippen molar-refractivity contribution >= 4 is 0 Å². The van der Waals surface area contributed by atoms with Crippen molar-refractivity contribution in [3.05, 3.63) is 29.3 Å². The zero-order chi connectivity index (χ0) is 13.2. The van der Waals surface area contributed by atoms with Crippen molar-refractivity contribution in [3.63, 3.8) is 0 Å². The highest BCUT2D eigenvalue weighted by Crippen LogP contribution is 2.37. The Morgan fingerprint density at radius 3 is 2.89 bits per heavy atom. The molecule has 0 aromatic heterocycles. The number of nitrogens with one attached hydrogen (secondary N) is 1. The molecule has 1 aliphatic rings. The Labute approximate surface area is 109 Å². The predicted molar refractivity (Wildman–Crippen MR) is 72.9 cm³/mol. The van der Waals surface area contributed by atoms with Gasteiger partial charge in [-0.25, -0.2) is 0 Å². The van der Waals surface area contributed by atoms with Gasteiger partial charge in [0.25, 0.3) is 0 Å². The van der Waals surface area contributed by atoms with Crippen LogP contribution in [0.5, 0.6) is 5.75 Å². The van der Waals surface area contributed by atoms with Crippen LogP contribution in [0.1, 0.15) is 38.3 Å². The molecular weight excluding hydrogens is 226 g/mol. The molecule has 2 rings (SSSR count). The van der Waals surface area contributed by atoms with Crippen LogP contribution in [0.4, 0.5) is 0 Å². The van der Waals surface area contributed by atoms with E-state index >= 15 is 0 Å². The molecule has 1 heterocycles. The van der Waals surface area contributed by atoms with E-state index in [1.807, 2.05) is 0 Å². The van der Waals surface area contributed by atoms with Gasteiger partial charge in [-0.1, -0.05) is 25.1 Å². The number of ether oxygens (including phenoxy) is 1. The van der Waals surface area contributed by atoms with Gasteiger partial charge in [0, 0.05) is 24.6 Å². The second-order valence-electron chi connectivity index (χ2n) is 5.61. The lowest BCUT2D eigenvalue weighted by atomic mass is 10.0.